The maximum atomic E-state index is 13.4. The Balaban J connectivity index is 1.53. The third-order valence-electron chi connectivity index (χ3n) is 6.34. The molecule has 6 nitrogen and oxygen atoms in total. The first-order chi connectivity index (χ1) is 17.3. The van der Waals surface area contributed by atoms with Crippen molar-refractivity contribution in [1.82, 2.24) is 4.98 Å². The van der Waals surface area contributed by atoms with Gasteiger partial charge in [0.1, 0.15) is 17.6 Å². The van der Waals surface area contributed by atoms with Crippen LogP contribution in [0.15, 0.2) is 66.2 Å². The normalized spacial score (nSPS) is 20.7. The average molecular weight is 537 g/mol. The smallest absolute Gasteiger partial charge is 0.301 e. The number of thiazole rings is 1. The van der Waals surface area contributed by atoms with E-state index in [4.69, 9.17) is 27.9 Å². The molecule has 2 aliphatic heterocycles. The van der Waals surface area contributed by atoms with Crippen LogP contribution in [0, 0.1) is 0 Å². The molecule has 2 atom stereocenters. The maximum absolute atomic E-state index is 13.4. The number of aliphatic hydroxyl groups excluding tert-OH is 1. The number of aromatic nitrogens is 1. The number of benzene rings is 3. The molecule has 1 N–H and O–H groups in total. The molecule has 0 aliphatic carbocycles. The maximum Gasteiger partial charge on any atom is 0.301 e. The van der Waals surface area contributed by atoms with Crippen molar-refractivity contribution in [2.24, 2.45) is 0 Å². The molecule has 9 heteroatoms. The molecule has 1 saturated heterocycles. The van der Waals surface area contributed by atoms with Gasteiger partial charge in [-0.25, -0.2) is 4.98 Å². The van der Waals surface area contributed by atoms with Gasteiger partial charge in [-0.15, -0.1) is 0 Å². The summed E-state index contributed by atoms with van der Waals surface area (Å²) < 4.78 is 6.54. The summed E-state index contributed by atoms with van der Waals surface area (Å²) >= 11 is 13.5. The largest absolute Gasteiger partial charge is 0.507 e. The number of hydrogen-bond donors (Lipinski definition) is 1. The van der Waals surface area contributed by atoms with E-state index in [1.807, 2.05) is 6.92 Å². The predicted molar refractivity (Wildman–Crippen MR) is 141 cm³/mol. The predicted octanol–water partition coefficient (Wildman–Crippen LogP) is 6.55. The lowest BCUT2D eigenvalue weighted by atomic mass is 9.94. The van der Waals surface area contributed by atoms with Crippen molar-refractivity contribution in [3.05, 3.63) is 93.0 Å². The summed E-state index contributed by atoms with van der Waals surface area (Å²) in [6.45, 7) is 1.97. The number of aliphatic hydroxyl groups is 1. The lowest BCUT2D eigenvalue weighted by Gasteiger charge is -2.23. The van der Waals surface area contributed by atoms with E-state index in [2.05, 4.69) is 4.98 Å². The standard InChI is InChI=1S/C27H18Cl2N2O4S/c1-13-10-16-11-15(4-9-20(16)35-13)24(32)22-23(14-2-5-17(28)6-3-14)31(26(34)25(22)33)27-30-19-8-7-18(29)12-21(19)36-27/h2-9,11-13,23,32H,10H2,1H3/b24-22-. The van der Waals surface area contributed by atoms with Crippen molar-refractivity contribution < 1.29 is 19.4 Å². The van der Waals surface area contributed by atoms with Crippen LogP contribution in [0.2, 0.25) is 10.0 Å². The van der Waals surface area contributed by atoms with E-state index < -0.39 is 17.7 Å². The number of nitrogens with zero attached hydrogens (tertiary/aromatic N) is 2. The fourth-order valence-corrected chi connectivity index (χ4v) is 6.10. The van der Waals surface area contributed by atoms with Crippen molar-refractivity contribution in [2.45, 2.75) is 25.5 Å². The van der Waals surface area contributed by atoms with Crippen LogP contribution >= 0.6 is 34.5 Å². The van der Waals surface area contributed by atoms with Gasteiger partial charge in [-0.3, -0.25) is 14.5 Å². The Bertz CT molecular complexity index is 1600. The van der Waals surface area contributed by atoms with Crippen molar-refractivity contribution in [2.75, 3.05) is 4.90 Å². The zero-order valence-corrected chi connectivity index (χ0v) is 21.2. The summed E-state index contributed by atoms with van der Waals surface area (Å²) in [4.78, 5) is 32.8. The first kappa shape index (κ1) is 23.0. The summed E-state index contributed by atoms with van der Waals surface area (Å²) in [6.07, 6.45) is 0.726. The van der Waals surface area contributed by atoms with E-state index >= 15 is 0 Å². The van der Waals surface area contributed by atoms with Crippen LogP contribution in [0.3, 0.4) is 0 Å². The van der Waals surface area contributed by atoms with Crippen molar-refractivity contribution in [1.29, 1.82) is 0 Å². The second kappa shape index (κ2) is 8.62. The molecule has 1 aromatic heterocycles. The highest BCUT2D eigenvalue weighted by molar-refractivity contribution is 7.22. The highest BCUT2D eigenvalue weighted by atomic mass is 35.5. The van der Waals surface area contributed by atoms with E-state index in [1.54, 1.807) is 60.7 Å². The van der Waals surface area contributed by atoms with Crippen LogP contribution in [-0.4, -0.2) is 27.9 Å². The van der Waals surface area contributed by atoms with E-state index in [9.17, 15) is 14.7 Å². The number of halogens is 2. The molecule has 2 aliphatic rings. The Morgan fingerprint density at radius 2 is 1.81 bits per heavy atom. The van der Waals surface area contributed by atoms with Crippen molar-refractivity contribution >= 4 is 67.3 Å². The van der Waals surface area contributed by atoms with Gasteiger partial charge in [-0.05, 0) is 66.6 Å². The second-order valence-electron chi connectivity index (χ2n) is 8.78. The first-order valence-electron chi connectivity index (χ1n) is 11.2. The number of amides is 1. The van der Waals surface area contributed by atoms with Gasteiger partial charge in [-0.2, -0.15) is 0 Å². The summed E-state index contributed by atoms with van der Waals surface area (Å²) in [7, 11) is 0. The molecule has 0 bridgehead atoms. The van der Waals surface area contributed by atoms with E-state index in [1.165, 1.54) is 16.2 Å². The minimum Gasteiger partial charge on any atom is -0.507 e. The van der Waals surface area contributed by atoms with Crippen LogP contribution in [0.1, 0.15) is 29.7 Å². The van der Waals surface area contributed by atoms with Gasteiger partial charge in [0.25, 0.3) is 5.78 Å². The van der Waals surface area contributed by atoms with Gasteiger partial charge < -0.3 is 9.84 Å². The Morgan fingerprint density at radius 3 is 2.58 bits per heavy atom. The molecular formula is C27H18Cl2N2O4S. The zero-order chi connectivity index (χ0) is 25.1. The zero-order valence-electron chi connectivity index (χ0n) is 18.9. The van der Waals surface area contributed by atoms with Gasteiger partial charge in [0.15, 0.2) is 5.13 Å². The minimum absolute atomic E-state index is 0.00785. The molecule has 180 valence electrons. The highest BCUT2D eigenvalue weighted by Gasteiger charge is 2.48. The van der Waals surface area contributed by atoms with Crippen LogP contribution in [0.5, 0.6) is 5.75 Å². The molecular weight excluding hydrogens is 519 g/mol. The minimum atomic E-state index is -0.887. The lowest BCUT2D eigenvalue weighted by molar-refractivity contribution is -0.132. The fourth-order valence-electron chi connectivity index (χ4n) is 4.70. The van der Waals surface area contributed by atoms with Gasteiger partial charge in [0, 0.05) is 22.0 Å². The third kappa shape index (κ3) is 3.75. The number of Topliss-reactive ketones (excluding diaryl/α,β-unsaturated/α-hetero) is 1. The Morgan fingerprint density at radius 1 is 1.06 bits per heavy atom. The van der Waals surface area contributed by atoms with E-state index in [0.717, 1.165) is 16.0 Å². The van der Waals surface area contributed by atoms with E-state index in [0.29, 0.717) is 38.2 Å². The Labute approximate surface area is 220 Å². The molecule has 0 radical (unpaired) electrons. The fraction of sp³-hybridized carbons (Fsp3) is 0.148. The summed E-state index contributed by atoms with van der Waals surface area (Å²) in [5.74, 6) is -1.04. The number of ether oxygens (including phenoxy) is 1. The molecule has 1 fully saturated rings. The van der Waals surface area contributed by atoms with Gasteiger partial charge in [0.2, 0.25) is 0 Å². The molecule has 36 heavy (non-hydrogen) atoms. The van der Waals surface area contributed by atoms with Crippen LogP contribution < -0.4 is 9.64 Å². The summed E-state index contributed by atoms with van der Waals surface area (Å²) in [5.41, 5.74) is 2.65. The molecule has 2 unspecified atom stereocenters. The molecule has 4 aromatic rings. The average Bonchev–Trinajstić information content (AvgIpc) is 3.51. The number of rotatable bonds is 3. The topological polar surface area (TPSA) is 79.7 Å². The van der Waals surface area contributed by atoms with Gasteiger partial charge >= 0.3 is 5.91 Å². The SMILES string of the molecule is CC1Cc2cc(/C(O)=C3/C(=O)C(=O)N(c4nc5ccc(Cl)cc5s4)C3c3ccc(Cl)cc3)ccc2O1. The summed E-state index contributed by atoms with van der Waals surface area (Å²) in [6, 6.07) is 16.5. The third-order valence-corrected chi connectivity index (χ3v) is 7.85. The number of hydrogen-bond acceptors (Lipinski definition) is 6. The van der Waals surface area contributed by atoms with Crippen molar-refractivity contribution in [3.63, 3.8) is 0 Å². The lowest BCUT2D eigenvalue weighted by Crippen LogP contribution is -2.29. The highest BCUT2D eigenvalue weighted by Crippen LogP contribution is 2.45. The number of anilines is 1. The number of ketones is 1. The van der Waals surface area contributed by atoms with Gasteiger partial charge in [-0.1, -0.05) is 46.7 Å². The Hall–Kier alpha value is -3.39. The molecule has 0 saturated carbocycles. The number of carbonyl (C=O) groups excluding carboxylic acids is 2. The Kier molecular flexibility index (Phi) is 5.52. The number of carbonyl (C=O) groups is 2. The first-order valence-corrected chi connectivity index (χ1v) is 12.8. The molecule has 3 aromatic carbocycles. The van der Waals surface area contributed by atoms with Crippen molar-refractivity contribution in [3.8, 4) is 5.75 Å². The molecule has 6 rings (SSSR count). The molecule has 0 spiro atoms. The monoisotopic (exact) mass is 536 g/mol. The van der Waals surface area contributed by atoms with E-state index in [-0.39, 0.29) is 17.4 Å². The van der Waals surface area contributed by atoms with Crippen LogP contribution in [0.25, 0.3) is 16.0 Å². The van der Waals surface area contributed by atoms with Crippen LogP contribution in [0.4, 0.5) is 5.13 Å². The molecule has 3 heterocycles. The van der Waals surface area contributed by atoms with Gasteiger partial charge in [0.05, 0.1) is 21.8 Å². The molecule has 1 amide bonds. The quantitative estimate of drug-likeness (QED) is 0.182. The second-order valence-corrected chi connectivity index (χ2v) is 10.7. The summed E-state index contributed by atoms with van der Waals surface area (Å²) in [5, 5.41) is 12.8. The number of fused-ring (bicyclic) bond motifs is 2. The van der Waals surface area contributed by atoms with Crippen LogP contribution in [-0.2, 0) is 16.0 Å².